The molecule has 0 nitrogen and oxygen atoms in total. The van der Waals surface area contributed by atoms with E-state index in [1.807, 2.05) is 18.2 Å². The van der Waals surface area contributed by atoms with Crippen molar-refractivity contribution in [3.05, 3.63) is 60.2 Å². The molecule has 0 saturated heterocycles. The van der Waals surface area contributed by atoms with Crippen LogP contribution in [0.3, 0.4) is 0 Å². The fourth-order valence-corrected chi connectivity index (χ4v) is 1.32. The van der Waals surface area contributed by atoms with Gasteiger partial charge in [0.05, 0.1) is 0 Å². The van der Waals surface area contributed by atoms with Crippen LogP contribution in [-0.2, 0) is 21.1 Å². The van der Waals surface area contributed by atoms with Crippen molar-refractivity contribution in [2.75, 3.05) is 0 Å². The third-order valence-corrected chi connectivity index (χ3v) is 2.09. The molecule has 0 bridgehead atoms. The molecule has 0 aliphatic carbocycles. The van der Waals surface area contributed by atoms with Crippen LogP contribution in [0.4, 0.5) is 0 Å². The second-order valence-electron chi connectivity index (χ2n) is 3.16. The molecule has 0 heterocycles. The van der Waals surface area contributed by atoms with Crippen LogP contribution in [0.25, 0.3) is 11.1 Å². The fourth-order valence-electron chi connectivity index (χ4n) is 1.32. The summed E-state index contributed by atoms with van der Waals surface area (Å²) in [5, 5.41) is 0. The zero-order valence-corrected chi connectivity index (χ0v) is 11.0. The Morgan fingerprint density at radius 3 is 2.21 bits per heavy atom. The SMILES string of the molecule is Cc1ccc(-c2c[c-]ccc2)cc1.[W]. The predicted molar refractivity (Wildman–Crippen MR) is 55.5 cm³/mol. The van der Waals surface area contributed by atoms with Crippen LogP contribution in [0, 0.1) is 13.0 Å². The van der Waals surface area contributed by atoms with Crippen LogP contribution in [0.5, 0.6) is 0 Å². The molecule has 2 aromatic carbocycles. The van der Waals surface area contributed by atoms with E-state index in [9.17, 15) is 0 Å². The third-order valence-electron chi connectivity index (χ3n) is 2.09. The van der Waals surface area contributed by atoms with E-state index in [4.69, 9.17) is 0 Å². The maximum Gasteiger partial charge on any atom is 0 e. The largest absolute Gasteiger partial charge is 0.183 e. The average Bonchev–Trinajstić information content (AvgIpc) is 2.20. The van der Waals surface area contributed by atoms with Crippen molar-refractivity contribution in [3.63, 3.8) is 0 Å². The second kappa shape index (κ2) is 5.12. The number of hydrogen-bond acceptors (Lipinski definition) is 0. The van der Waals surface area contributed by atoms with E-state index in [1.165, 1.54) is 16.7 Å². The van der Waals surface area contributed by atoms with Crippen LogP contribution in [0.2, 0.25) is 0 Å². The first-order chi connectivity index (χ1) is 6.36. The molecule has 0 radical (unpaired) electrons. The molecule has 14 heavy (non-hydrogen) atoms. The van der Waals surface area contributed by atoms with Crippen LogP contribution in [-0.4, -0.2) is 0 Å². The van der Waals surface area contributed by atoms with Gasteiger partial charge in [-0.2, -0.15) is 30.3 Å². The minimum atomic E-state index is 0. The van der Waals surface area contributed by atoms with Crippen molar-refractivity contribution in [2.45, 2.75) is 6.92 Å². The molecule has 2 rings (SSSR count). The second-order valence-corrected chi connectivity index (χ2v) is 3.16. The maximum absolute atomic E-state index is 3.07. The van der Waals surface area contributed by atoms with Crippen molar-refractivity contribution in [3.8, 4) is 11.1 Å². The van der Waals surface area contributed by atoms with Crippen LogP contribution >= 0.6 is 0 Å². The molecule has 2 aromatic rings. The Bertz CT molecular complexity index is 376. The summed E-state index contributed by atoms with van der Waals surface area (Å²) in [6.45, 7) is 2.10. The molecular weight excluding hydrogens is 340 g/mol. The molecule has 70 valence electrons. The standard InChI is InChI=1S/C13H11.W/c1-11-7-9-13(10-8-11)12-5-3-2-4-6-12;/h2-3,5-10H,1H3;/q-1;. The Hall–Kier alpha value is -0.872. The molecular formula is C13H11W-. The summed E-state index contributed by atoms with van der Waals surface area (Å²) in [5.41, 5.74) is 3.77. The molecule has 0 amide bonds. The average molecular weight is 351 g/mol. The van der Waals surface area contributed by atoms with Crippen molar-refractivity contribution < 1.29 is 21.1 Å². The topological polar surface area (TPSA) is 0 Å². The van der Waals surface area contributed by atoms with Gasteiger partial charge in [-0.05, 0) is 6.92 Å². The van der Waals surface area contributed by atoms with Gasteiger partial charge in [0.2, 0.25) is 0 Å². The summed E-state index contributed by atoms with van der Waals surface area (Å²) >= 11 is 0. The molecule has 0 aliphatic rings. The van der Waals surface area contributed by atoms with E-state index >= 15 is 0 Å². The van der Waals surface area contributed by atoms with E-state index in [-0.39, 0.29) is 21.1 Å². The normalized spacial score (nSPS) is 9.21. The predicted octanol–water partition coefficient (Wildman–Crippen LogP) is 3.46. The Kier molecular flexibility index (Phi) is 4.10. The van der Waals surface area contributed by atoms with Crippen LogP contribution in [0.15, 0.2) is 48.5 Å². The Balaban J connectivity index is 0.000000980. The Labute approximate surface area is 99.2 Å². The summed E-state index contributed by atoms with van der Waals surface area (Å²) < 4.78 is 0. The van der Waals surface area contributed by atoms with Crippen LogP contribution in [0.1, 0.15) is 5.56 Å². The van der Waals surface area contributed by atoms with Gasteiger partial charge in [0.1, 0.15) is 0 Å². The van der Waals surface area contributed by atoms with Gasteiger partial charge in [0.25, 0.3) is 0 Å². The molecule has 1 heteroatoms. The quantitative estimate of drug-likeness (QED) is 0.691. The molecule has 0 unspecified atom stereocenters. The molecule has 0 atom stereocenters. The maximum atomic E-state index is 3.07. The molecule has 0 fully saturated rings. The van der Waals surface area contributed by atoms with E-state index < -0.39 is 0 Å². The molecule has 0 aliphatic heterocycles. The number of benzene rings is 2. The van der Waals surface area contributed by atoms with Gasteiger partial charge in [0.15, 0.2) is 0 Å². The Morgan fingerprint density at radius 1 is 0.929 bits per heavy atom. The van der Waals surface area contributed by atoms with Gasteiger partial charge in [-0.1, -0.05) is 35.4 Å². The van der Waals surface area contributed by atoms with Gasteiger partial charge < -0.3 is 0 Å². The first-order valence-corrected chi connectivity index (χ1v) is 4.39. The summed E-state index contributed by atoms with van der Waals surface area (Å²) in [7, 11) is 0. The number of rotatable bonds is 1. The minimum Gasteiger partial charge on any atom is -0.183 e. The molecule has 0 aromatic heterocycles. The minimum absolute atomic E-state index is 0. The third kappa shape index (κ3) is 2.56. The zero-order valence-electron chi connectivity index (χ0n) is 8.03. The van der Waals surface area contributed by atoms with E-state index in [0.29, 0.717) is 0 Å². The van der Waals surface area contributed by atoms with Gasteiger partial charge in [-0.3, -0.25) is 0 Å². The number of hydrogen-bond donors (Lipinski definition) is 0. The van der Waals surface area contributed by atoms with Gasteiger partial charge >= 0.3 is 0 Å². The fraction of sp³-hybridized carbons (Fsp3) is 0.0769. The van der Waals surface area contributed by atoms with Crippen molar-refractivity contribution >= 4 is 0 Å². The smallest absolute Gasteiger partial charge is 0 e. The van der Waals surface area contributed by atoms with Crippen LogP contribution < -0.4 is 0 Å². The molecule has 0 saturated carbocycles. The monoisotopic (exact) mass is 351 g/mol. The zero-order chi connectivity index (χ0) is 9.10. The van der Waals surface area contributed by atoms with Crippen molar-refractivity contribution in [2.24, 2.45) is 0 Å². The summed E-state index contributed by atoms with van der Waals surface area (Å²) in [6.07, 6.45) is 0. The van der Waals surface area contributed by atoms with E-state index in [2.05, 4.69) is 43.3 Å². The van der Waals surface area contributed by atoms with Gasteiger partial charge in [0, 0.05) is 21.1 Å². The summed E-state index contributed by atoms with van der Waals surface area (Å²) in [6, 6.07) is 19.6. The van der Waals surface area contributed by atoms with Gasteiger partial charge in [-0.15, -0.1) is 5.56 Å². The Morgan fingerprint density at radius 2 is 1.64 bits per heavy atom. The van der Waals surface area contributed by atoms with E-state index in [0.717, 1.165) is 0 Å². The van der Waals surface area contributed by atoms with E-state index in [1.54, 1.807) is 0 Å². The molecule has 0 spiro atoms. The van der Waals surface area contributed by atoms with Gasteiger partial charge in [-0.25, -0.2) is 0 Å². The van der Waals surface area contributed by atoms with Crippen molar-refractivity contribution in [1.82, 2.24) is 0 Å². The summed E-state index contributed by atoms with van der Waals surface area (Å²) in [4.78, 5) is 0. The first kappa shape index (κ1) is 11.2. The molecule has 0 N–H and O–H groups in total. The van der Waals surface area contributed by atoms with Crippen molar-refractivity contribution in [1.29, 1.82) is 0 Å². The first-order valence-electron chi connectivity index (χ1n) is 4.39. The number of aryl methyl sites for hydroxylation is 1. The summed E-state index contributed by atoms with van der Waals surface area (Å²) in [5.74, 6) is 0.